The highest BCUT2D eigenvalue weighted by molar-refractivity contribution is 5.94. The van der Waals surface area contributed by atoms with Crippen LogP contribution in [0.5, 0.6) is 11.5 Å². The SMILES string of the molecule is CCCCCCCCCCCCCCOc1ccccc1C(=O)Oc1ccccc1CCCCCCCCCCCCCC. The van der Waals surface area contributed by atoms with Gasteiger partial charge < -0.3 is 9.47 Å². The van der Waals surface area contributed by atoms with Gasteiger partial charge in [0.15, 0.2) is 0 Å². The summed E-state index contributed by atoms with van der Waals surface area (Å²) in [6.45, 7) is 5.19. The molecule has 44 heavy (non-hydrogen) atoms. The van der Waals surface area contributed by atoms with E-state index < -0.39 is 0 Å². The lowest BCUT2D eigenvalue weighted by Crippen LogP contribution is -2.12. The molecule has 0 radical (unpaired) electrons. The van der Waals surface area contributed by atoms with Gasteiger partial charge >= 0.3 is 5.97 Å². The van der Waals surface area contributed by atoms with Crippen LogP contribution in [0.2, 0.25) is 0 Å². The van der Waals surface area contributed by atoms with Gasteiger partial charge in [-0.15, -0.1) is 0 Å². The van der Waals surface area contributed by atoms with Crippen molar-refractivity contribution < 1.29 is 14.3 Å². The fourth-order valence-corrected chi connectivity index (χ4v) is 6.01. The fraction of sp³-hybridized carbons (Fsp3) is 0.683. The van der Waals surface area contributed by atoms with Gasteiger partial charge in [0, 0.05) is 0 Å². The molecule has 3 nitrogen and oxygen atoms in total. The van der Waals surface area contributed by atoms with Crippen molar-refractivity contribution in [3.8, 4) is 11.5 Å². The lowest BCUT2D eigenvalue weighted by molar-refractivity contribution is 0.0728. The number of unbranched alkanes of at least 4 members (excludes halogenated alkanes) is 22. The van der Waals surface area contributed by atoms with Crippen molar-refractivity contribution in [1.82, 2.24) is 0 Å². The Kier molecular flexibility index (Phi) is 23.3. The summed E-state index contributed by atoms with van der Waals surface area (Å²) in [5.41, 5.74) is 1.62. The van der Waals surface area contributed by atoms with Crippen LogP contribution < -0.4 is 9.47 Å². The predicted molar refractivity (Wildman–Crippen MR) is 189 cm³/mol. The van der Waals surface area contributed by atoms with Gasteiger partial charge in [0.2, 0.25) is 0 Å². The molecular formula is C41H66O3. The molecule has 3 heteroatoms. The van der Waals surface area contributed by atoms with E-state index in [1.54, 1.807) is 0 Å². The number of benzene rings is 2. The van der Waals surface area contributed by atoms with Crippen LogP contribution in [0.4, 0.5) is 0 Å². The van der Waals surface area contributed by atoms with Crippen molar-refractivity contribution in [3.05, 3.63) is 59.7 Å². The molecule has 0 unspecified atom stereocenters. The molecule has 0 aliphatic carbocycles. The van der Waals surface area contributed by atoms with E-state index in [1.807, 2.05) is 42.5 Å². The average molecular weight is 607 g/mol. The molecule has 0 saturated carbocycles. The normalized spacial score (nSPS) is 11.1. The number of para-hydroxylation sites is 2. The number of hydrogen-bond donors (Lipinski definition) is 0. The Morgan fingerprint density at radius 1 is 0.477 bits per heavy atom. The average Bonchev–Trinajstić information content (AvgIpc) is 3.04. The topological polar surface area (TPSA) is 35.5 Å². The third-order valence-corrected chi connectivity index (χ3v) is 8.84. The molecule has 0 amide bonds. The summed E-state index contributed by atoms with van der Waals surface area (Å²) in [5.74, 6) is 0.966. The number of hydrogen-bond acceptors (Lipinski definition) is 3. The summed E-state index contributed by atoms with van der Waals surface area (Å²) in [5, 5.41) is 0. The number of carbonyl (C=O) groups excluding carboxylic acids is 1. The maximum atomic E-state index is 13.2. The summed E-state index contributed by atoms with van der Waals surface area (Å²) in [6, 6.07) is 15.5. The molecule has 2 rings (SSSR count). The first-order chi connectivity index (χ1) is 21.8. The van der Waals surface area contributed by atoms with Crippen LogP contribution in [0, 0.1) is 0 Å². The number of rotatable bonds is 29. The highest BCUT2D eigenvalue weighted by Gasteiger charge is 2.16. The zero-order chi connectivity index (χ0) is 31.3. The van der Waals surface area contributed by atoms with Crippen LogP contribution in [0.15, 0.2) is 48.5 Å². The second kappa shape index (κ2) is 27.1. The molecule has 0 N–H and O–H groups in total. The van der Waals surface area contributed by atoms with Crippen molar-refractivity contribution in [1.29, 1.82) is 0 Å². The summed E-state index contributed by atoms with van der Waals surface area (Å²) >= 11 is 0. The van der Waals surface area contributed by atoms with E-state index in [2.05, 4.69) is 19.9 Å². The van der Waals surface area contributed by atoms with Gasteiger partial charge in [-0.3, -0.25) is 0 Å². The molecule has 0 saturated heterocycles. The van der Waals surface area contributed by atoms with Crippen molar-refractivity contribution in [2.24, 2.45) is 0 Å². The number of esters is 1. The smallest absolute Gasteiger partial charge is 0.347 e. The van der Waals surface area contributed by atoms with Crippen LogP contribution in [0.3, 0.4) is 0 Å². The minimum Gasteiger partial charge on any atom is -0.493 e. The quantitative estimate of drug-likeness (QED) is 0.0525. The monoisotopic (exact) mass is 607 g/mol. The zero-order valence-corrected chi connectivity index (χ0v) is 28.7. The molecule has 2 aromatic rings. The van der Waals surface area contributed by atoms with E-state index in [-0.39, 0.29) is 5.97 Å². The van der Waals surface area contributed by atoms with Crippen LogP contribution in [-0.4, -0.2) is 12.6 Å². The predicted octanol–water partition coefficient (Wildman–Crippen LogP) is 13.2. The molecular weight excluding hydrogens is 540 g/mol. The van der Waals surface area contributed by atoms with Crippen molar-refractivity contribution >= 4 is 5.97 Å². The van der Waals surface area contributed by atoms with Crippen LogP contribution in [-0.2, 0) is 6.42 Å². The standard InChI is InChI=1S/C41H66O3/c1-3-5-7-9-11-13-15-17-19-21-23-25-31-37-32-26-28-34-39(37)44-41(42)38-33-27-29-35-40(38)43-36-30-24-22-20-18-16-14-12-10-8-6-4-2/h26-29,32-35H,3-25,30-31,36H2,1-2H3. The number of carbonyl (C=O) groups is 1. The molecule has 0 heterocycles. The summed E-state index contributed by atoms with van der Waals surface area (Å²) in [4.78, 5) is 13.2. The van der Waals surface area contributed by atoms with E-state index in [0.717, 1.165) is 24.8 Å². The molecule has 0 aliphatic rings. The van der Waals surface area contributed by atoms with Gasteiger partial charge in [-0.05, 0) is 43.0 Å². The second-order valence-corrected chi connectivity index (χ2v) is 12.9. The van der Waals surface area contributed by atoms with Crippen molar-refractivity contribution in [2.45, 2.75) is 174 Å². The van der Waals surface area contributed by atoms with Crippen LogP contribution >= 0.6 is 0 Å². The van der Waals surface area contributed by atoms with Gasteiger partial charge in [-0.25, -0.2) is 4.79 Å². The largest absolute Gasteiger partial charge is 0.493 e. The van der Waals surface area contributed by atoms with E-state index in [4.69, 9.17) is 9.47 Å². The second-order valence-electron chi connectivity index (χ2n) is 12.9. The molecule has 0 fully saturated rings. The van der Waals surface area contributed by atoms with Crippen LogP contribution in [0.1, 0.15) is 184 Å². The van der Waals surface area contributed by atoms with Gasteiger partial charge in [-0.1, -0.05) is 185 Å². The van der Waals surface area contributed by atoms with E-state index in [0.29, 0.717) is 23.7 Å². The molecule has 0 bridgehead atoms. The maximum absolute atomic E-state index is 13.2. The Bertz CT molecular complexity index is 952. The molecule has 0 atom stereocenters. The molecule has 0 aromatic heterocycles. The van der Waals surface area contributed by atoms with Crippen LogP contribution in [0.25, 0.3) is 0 Å². The Labute approximate surface area is 271 Å². The van der Waals surface area contributed by atoms with Gasteiger partial charge in [0.05, 0.1) is 6.61 Å². The highest BCUT2D eigenvalue weighted by atomic mass is 16.5. The highest BCUT2D eigenvalue weighted by Crippen LogP contribution is 2.25. The zero-order valence-electron chi connectivity index (χ0n) is 28.7. The minimum atomic E-state index is -0.336. The summed E-state index contributed by atoms with van der Waals surface area (Å²) < 4.78 is 12.0. The Balaban J connectivity index is 1.62. The lowest BCUT2D eigenvalue weighted by Gasteiger charge is -2.13. The maximum Gasteiger partial charge on any atom is 0.347 e. The molecule has 2 aromatic carbocycles. The Morgan fingerprint density at radius 2 is 0.886 bits per heavy atom. The fourth-order valence-electron chi connectivity index (χ4n) is 6.01. The summed E-state index contributed by atoms with van der Waals surface area (Å²) in [6.07, 6.45) is 32.9. The number of ether oxygens (including phenoxy) is 2. The van der Waals surface area contributed by atoms with E-state index in [1.165, 1.54) is 141 Å². The Hall–Kier alpha value is -2.29. The van der Waals surface area contributed by atoms with E-state index in [9.17, 15) is 4.79 Å². The number of aryl methyl sites for hydroxylation is 1. The van der Waals surface area contributed by atoms with Gasteiger partial charge in [0.25, 0.3) is 0 Å². The first-order valence-corrected chi connectivity index (χ1v) is 18.8. The van der Waals surface area contributed by atoms with Gasteiger partial charge in [0.1, 0.15) is 17.1 Å². The third-order valence-electron chi connectivity index (χ3n) is 8.84. The molecule has 0 aliphatic heterocycles. The molecule has 0 spiro atoms. The lowest BCUT2D eigenvalue weighted by atomic mass is 10.0. The van der Waals surface area contributed by atoms with Crippen molar-refractivity contribution in [2.75, 3.05) is 6.61 Å². The first-order valence-electron chi connectivity index (χ1n) is 18.8. The third kappa shape index (κ3) is 18.5. The Morgan fingerprint density at radius 3 is 1.41 bits per heavy atom. The summed E-state index contributed by atoms with van der Waals surface area (Å²) in [7, 11) is 0. The van der Waals surface area contributed by atoms with Gasteiger partial charge in [-0.2, -0.15) is 0 Å². The van der Waals surface area contributed by atoms with E-state index >= 15 is 0 Å². The first kappa shape index (κ1) is 37.9. The molecule has 248 valence electrons. The van der Waals surface area contributed by atoms with Crippen molar-refractivity contribution in [3.63, 3.8) is 0 Å². The minimum absolute atomic E-state index is 0.336.